The lowest BCUT2D eigenvalue weighted by Gasteiger charge is -2.08. The highest BCUT2D eigenvalue weighted by Gasteiger charge is 2.26. The van der Waals surface area contributed by atoms with Crippen molar-refractivity contribution in [3.8, 4) is 0 Å². The minimum atomic E-state index is -1.72. The third kappa shape index (κ3) is 4.60. The van der Waals surface area contributed by atoms with Gasteiger partial charge in [0, 0.05) is 0 Å². The van der Waals surface area contributed by atoms with Gasteiger partial charge < -0.3 is 4.74 Å². The minimum Gasteiger partial charge on any atom is -0.460 e. The van der Waals surface area contributed by atoms with Crippen molar-refractivity contribution in [3.05, 3.63) is 0 Å². The van der Waals surface area contributed by atoms with Crippen LogP contribution in [0.5, 0.6) is 0 Å². The van der Waals surface area contributed by atoms with Crippen LogP contribution in [-0.2, 0) is 14.3 Å². The Labute approximate surface area is 77.3 Å². The van der Waals surface area contributed by atoms with E-state index < -0.39 is 17.9 Å². The van der Waals surface area contributed by atoms with E-state index in [9.17, 15) is 14.0 Å². The van der Waals surface area contributed by atoms with E-state index in [4.69, 9.17) is 0 Å². The molecule has 0 fully saturated rings. The maximum Gasteiger partial charge on any atom is 0.377 e. The molecule has 0 radical (unpaired) electrons. The molecule has 13 heavy (non-hydrogen) atoms. The summed E-state index contributed by atoms with van der Waals surface area (Å²) >= 11 is 0. The number of ether oxygens (including phenoxy) is 1. The molecule has 0 aromatic heterocycles. The number of hydrogen-bond acceptors (Lipinski definition) is 3. The molecule has 1 atom stereocenters. The van der Waals surface area contributed by atoms with Crippen LogP contribution in [0.1, 0.15) is 27.2 Å². The highest BCUT2D eigenvalue weighted by atomic mass is 19.1. The first-order valence-electron chi connectivity index (χ1n) is 4.34. The van der Waals surface area contributed by atoms with Gasteiger partial charge in [-0.05, 0) is 19.3 Å². The summed E-state index contributed by atoms with van der Waals surface area (Å²) in [4.78, 5) is 21.7. The lowest BCUT2D eigenvalue weighted by Crippen LogP contribution is -2.28. The monoisotopic (exact) mass is 190 g/mol. The van der Waals surface area contributed by atoms with E-state index in [1.807, 2.05) is 0 Å². The Morgan fingerprint density at radius 1 is 1.38 bits per heavy atom. The average molecular weight is 190 g/mol. The summed E-state index contributed by atoms with van der Waals surface area (Å²) in [6.45, 7) is 5.23. The van der Waals surface area contributed by atoms with Crippen LogP contribution in [0.2, 0.25) is 0 Å². The summed E-state index contributed by atoms with van der Waals surface area (Å²) in [6, 6.07) is 0. The molecule has 0 N–H and O–H groups in total. The molecule has 0 aliphatic heterocycles. The molecule has 0 saturated heterocycles. The van der Waals surface area contributed by atoms with Gasteiger partial charge in [0.05, 0.1) is 6.61 Å². The SMILES string of the molecule is CCOC(=O)C(=O)C(F)CC(C)C. The smallest absolute Gasteiger partial charge is 0.377 e. The average Bonchev–Trinajstić information content (AvgIpc) is 2.02. The van der Waals surface area contributed by atoms with Gasteiger partial charge in [-0.15, -0.1) is 0 Å². The number of hydrogen-bond donors (Lipinski definition) is 0. The predicted octanol–water partition coefficient (Wildman–Crippen LogP) is 1.50. The maximum atomic E-state index is 13.0. The first-order valence-corrected chi connectivity index (χ1v) is 4.34. The lowest BCUT2D eigenvalue weighted by atomic mass is 10.0. The van der Waals surface area contributed by atoms with Crippen LogP contribution in [0.3, 0.4) is 0 Å². The molecule has 1 unspecified atom stereocenters. The Bertz CT molecular complexity index is 189. The zero-order chi connectivity index (χ0) is 10.4. The van der Waals surface area contributed by atoms with E-state index in [2.05, 4.69) is 4.74 Å². The van der Waals surface area contributed by atoms with E-state index in [0.29, 0.717) is 0 Å². The molecule has 3 nitrogen and oxygen atoms in total. The second-order valence-corrected chi connectivity index (χ2v) is 3.18. The fourth-order valence-electron chi connectivity index (χ4n) is 0.851. The van der Waals surface area contributed by atoms with Crippen LogP contribution >= 0.6 is 0 Å². The van der Waals surface area contributed by atoms with Crippen molar-refractivity contribution in [3.63, 3.8) is 0 Å². The topological polar surface area (TPSA) is 43.4 Å². The highest BCUT2D eigenvalue weighted by molar-refractivity contribution is 6.35. The molecule has 0 aromatic carbocycles. The molecule has 0 amide bonds. The number of carbonyl (C=O) groups excluding carboxylic acids is 2. The van der Waals surface area contributed by atoms with Gasteiger partial charge in [0.2, 0.25) is 0 Å². The van der Waals surface area contributed by atoms with Crippen molar-refractivity contribution in [2.24, 2.45) is 5.92 Å². The molecule has 0 heterocycles. The molecular formula is C9H15FO3. The van der Waals surface area contributed by atoms with E-state index in [1.165, 1.54) is 0 Å². The van der Waals surface area contributed by atoms with Gasteiger partial charge in [-0.25, -0.2) is 9.18 Å². The third-order valence-corrected chi connectivity index (χ3v) is 1.44. The Morgan fingerprint density at radius 3 is 2.31 bits per heavy atom. The van der Waals surface area contributed by atoms with Gasteiger partial charge in [-0.2, -0.15) is 0 Å². The largest absolute Gasteiger partial charge is 0.460 e. The Morgan fingerprint density at radius 2 is 1.92 bits per heavy atom. The summed E-state index contributed by atoms with van der Waals surface area (Å²) < 4.78 is 17.3. The standard InChI is InChI=1S/C9H15FO3/c1-4-13-9(12)8(11)7(10)5-6(2)3/h6-7H,4-5H2,1-3H3. The molecule has 0 aromatic rings. The van der Waals surface area contributed by atoms with Gasteiger partial charge in [0.1, 0.15) is 0 Å². The zero-order valence-corrected chi connectivity index (χ0v) is 8.17. The number of halogens is 1. The first kappa shape index (κ1) is 12.1. The molecule has 0 bridgehead atoms. The van der Waals surface area contributed by atoms with E-state index in [0.717, 1.165) is 0 Å². The zero-order valence-electron chi connectivity index (χ0n) is 8.17. The molecular weight excluding hydrogens is 175 g/mol. The summed E-state index contributed by atoms with van der Waals surface area (Å²) in [5.74, 6) is -2.10. The Hall–Kier alpha value is -0.930. The normalized spacial score (nSPS) is 12.7. The molecule has 0 rings (SSSR count). The second kappa shape index (κ2) is 5.67. The number of ketones is 1. The Kier molecular flexibility index (Phi) is 5.26. The lowest BCUT2D eigenvalue weighted by molar-refractivity contribution is -0.155. The van der Waals surface area contributed by atoms with Crippen molar-refractivity contribution < 1.29 is 18.7 Å². The summed E-state index contributed by atoms with van der Waals surface area (Å²) in [6.07, 6.45) is -1.66. The minimum absolute atomic E-state index is 0.0494. The summed E-state index contributed by atoms with van der Waals surface area (Å²) in [5.41, 5.74) is 0. The van der Waals surface area contributed by atoms with E-state index >= 15 is 0 Å². The Balaban J connectivity index is 4.02. The van der Waals surface area contributed by atoms with Gasteiger partial charge in [-0.1, -0.05) is 13.8 Å². The van der Waals surface area contributed by atoms with E-state index in [-0.39, 0.29) is 18.9 Å². The van der Waals surface area contributed by atoms with Crippen molar-refractivity contribution in [1.29, 1.82) is 0 Å². The van der Waals surface area contributed by atoms with Crippen LogP contribution in [-0.4, -0.2) is 24.5 Å². The quantitative estimate of drug-likeness (QED) is 0.487. The molecule has 0 spiro atoms. The van der Waals surface area contributed by atoms with Gasteiger partial charge >= 0.3 is 5.97 Å². The fourth-order valence-corrected chi connectivity index (χ4v) is 0.851. The molecule has 0 aliphatic rings. The van der Waals surface area contributed by atoms with Crippen LogP contribution in [0.15, 0.2) is 0 Å². The number of carbonyl (C=O) groups is 2. The molecule has 0 saturated carbocycles. The fraction of sp³-hybridized carbons (Fsp3) is 0.778. The van der Waals surface area contributed by atoms with Crippen molar-refractivity contribution >= 4 is 11.8 Å². The van der Waals surface area contributed by atoms with Crippen LogP contribution in [0, 0.1) is 5.92 Å². The number of rotatable bonds is 5. The van der Waals surface area contributed by atoms with Crippen molar-refractivity contribution in [1.82, 2.24) is 0 Å². The maximum absolute atomic E-state index is 13.0. The first-order chi connectivity index (χ1) is 5.99. The molecule has 0 aliphatic carbocycles. The van der Waals surface area contributed by atoms with Crippen LogP contribution in [0.25, 0.3) is 0 Å². The molecule has 76 valence electrons. The second-order valence-electron chi connectivity index (χ2n) is 3.18. The summed E-state index contributed by atoms with van der Waals surface area (Å²) in [7, 11) is 0. The number of Topliss-reactive ketones (excluding diaryl/α,β-unsaturated/α-hetero) is 1. The number of esters is 1. The molecule has 4 heteroatoms. The van der Waals surface area contributed by atoms with Crippen molar-refractivity contribution in [2.75, 3.05) is 6.61 Å². The van der Waals surface area contributed by atoms with Gasteiger partial charge in [0.15, 0.2) is 6.17 Å². The van der Waals surface area contributed by atoms with Gasteiger partial charge in [-0.3, -0.25) is 4.79 Å². The van der Waals surface area contributed by atoms with E-state index in [1.54, 1.807) is 20.8 Å². The number of alkyl halides is 1. The highest BCUT2D eigenvalue weighted by Crippen LogP contribution is 2.09. The third-order valence-electron chi connectivity index (χ3n) is 1.44. The summed E-state index contributed by atoms with van der Waals surface area (Å²) in [5, 5.41) is 0. The van der Waals surface area contributed by atoms with Gasteiger partial charge in [0.25, 0.3) is 5.78 Å². The van der Waals surface area contributed by atoms with Crippen LogP contribution in [0.4, 0.5) is 4.39 Å². The predicted molar refractivity (Wildman–Crippen MR) is 46.0 cm³/mol. The van der Waals surface area contributed by atoms with Crippen molar-refractivity contribution in [2.45, 2.75) is 33.4 Å². The van der Waals surface area contributed by atoms with Crippen LogP contribution < -0.4 is 0 Å².